The van der Waals surface area contributed by atoms with Gasteiger partial charge in [-0.15, -0.1) is 0 Å². The number of hydrogen-bond acceptors (Lipinski definition) is 2. The molecule has 4 heteroatoms. The van der Waals surface area contributed by atoms with Crippen LogP contribution in [0.1, 0.15) is 11.6 Å². The Morgan fingerprint density at radius 1 is 1.17 bits per heavy atom. The Morgan fingerprint density at radius 3 is 2.50 bits per heavy atom. The Hall–Kier alpha value is -1.58. The highest BCUT2D eigenvalue weighted by atomic mass is 35.5. The van der Waals surface area contributed by atoms with E-state index in [4.69, 9.17) is 17.3 Å². The van der Waals surface area contributed by atoms with Crippen LogP contribution in [0.4, 0.5) is 10.1 Å². The van der Waals surface area contributed by atoms with Crippen LogP contribution in [0, 0.1) is 5.82 Å². The normalized spacial score (nSPS) is 12.2. The number of nitrogens with one attached hydrogen (secondary N) is 1. The van der Waals surface area contributed by atoms with Crippen LogP contribution >= 0.6 is 11.6 Å². The fourth-order valence-electron chi connectivity index (χ4n) is 1.75. The molecular weight excluding hydrogens is 251 g/mol. The van der Waals surface area contributed by atoms with Crippen LogP contribution in [0.2, 0.25) is 5.02 Å². The zero-order valence-electron chi connectivity index (χ0n) is 9.74. The Balaban J connectivity index is 2.17. The average Bonchev–Trinajstić information content (AvgIpc) is 2.37. The van der Waals surface area contributed by atoms with Crippen molar-refractivity contribution in [2.24, 2.45) is 5.73 Å². The molecule has 0 aliphatic rings. The first-order valence-electron chi connectivity index (χ1n) is 5.66. The van der Waals surface area contributed by atoms with Gasteiger partial charge in [-0.1, -0.05) is 29.8 Å². The molecule has 0 fully saturated rings. The van der Waals surface area contributed by atoms with E-state index < -0.39 is 0 Å². The van der Waals surface area contributed by atoms with Gasteiger partial charge < -0.3 is 11.1 Å². The Morgan fingerprint density at radius 2 is 1.89 bits per heavy atom. The van der Waals surface area contributed by atoms with E-state index >= 15 is 0 Å². The van der Waals surface area contributed by atoms with Crippen LogP contribution in [0.3, 0.4) is 0 Å². The lowest BCUT2D eigenvalue weighted by Crippen LogP contribution is -2.20. The molecule has 94 valence electrons. The van der Waals surface area contributed by atoms with Gasteiger partial charge in [-0.2, -0.15) is 0 Å². The van der Waals surface area contributed by atoms with Crippen molar-refractivity contribution >= 4 is 17.3 Å². The molecule has 2 nitrogen and oxygen atoms in total. The zero-order valence-corrected chi connectivity index (χ0v) is 10.5. The smallest absolute Gasteiger partial charge is 0.125 e. The van der Waals surface area contributed by atoms with Gasteiger partial charge >= 0.3 is 0 Å². The molecule has 1 atom stereocenters. The molecule has 0 saturated heterocycles. The summed E-state index contributed by atoms with van der Waals surface area (Å²) in [7, 11) is 0. The number of anilines is 1. The molecular formula is C14H14ClFN2. The van der Waals surface area contributed by atoms with Crippen LogP contribution < -0.4 is 11.1 Å². The van der Waals surface area contributed by atoms with E-state index in [-0.39, 0.29) is 11.9 Å². The van der Waals surface area contributed by atoms with Gasteiger partial charge in [0.25, 0.3) is 0 Å². The predicted molar refractivity (Wildman–Crippen MR) is 73.3 cm³/mol. The van der Waals surface area contributed by atoms with E-state index in [1.807, 2.05) is 30.3 Å². The van der Waals surface area contributed by atoms with E-state index in [1.54, 1.807) is 6.07 Å². The van der Waals surface area contributed by atoms with Gasteiger partial charge in [0.2, 0.25) is 0 Å². The van der Waals surface area contributed by atoms with Crippen LogP contribution in [0.15, 0.2) is 48.5 Å². The van der Waals surface area contributed by atoms with Crippen molar-refractivity contribution in [3.63, 3.8) is 0 Å². The van der Waals surface area contributed by atoms with Gasteiger partial charge in [0.1, 0.15) is 5.82 Å². The first kappa shape index (κ1) is 12.9. The summed E-state index contributed by atoms with van der Waals surface area (Å²) in [5.41, 5.74) is 7.47. The van der Waals surface area contributed by atoms with Crippen molar-refractivity contribution in [2.75, 3.05) is 11.9 Å². The molecule has 0 saturated carbocycles. The van der Waals surface area contributed by atoms with Gasteiger partial charge in [-0.25, -0.2) is 4.39 Å². The quantitative estimate of drug-likeness (QED) is 0.886. The molecule has 0 aromatic heterocycles. The summed E-state index contributed by atoms with van der Waals surface area (Å²) in [6.45, 7) is 0.415. The molecule has 0 aliphatic heterocycles. The van der Waals surface area contributed by atoms with Crippen molar-refractivity contribution in [3.05, 3.63) is 64.9 Å². The first-order chi connectivity index (χ1) is 8.69. The summed E-state index contributed by atoms with van der Waals surface area (Å²) >= 11 is 5.84. The van der Waals surface area contributed by atoms with Crippen molar-refractivity contribution in [1.82, 2.24) is 0 Å². The highest BCUT2D eigenvalue weighted by Crippen LogP contribution is 2.21. The number of halogens is 2. The standard InChI is InChI=1S/C14H14ClFN2/c15-11-6-4-10(5-7-11)14(9-17)18-13-3-1-2-12(16)8-13/h1-8,14,18H,9,17H2. The molecule has 0 heterocycles. The number of hydrogen-bond donors (Lipinski definition) is 2. The summed E-state index contributed by atoms with van der Waals surface area (Å²) in [6.07, 6.45) is 0. The molecule has 2 aromatic carbocycles. The van der Waals surface area contributed by atoms with Gasteiger partial charge in [-0.05, 0) is 35.9 Å². The minimum atomic E-state index is -0.271. The zero-order chi connectivity index (χ0) is 13.0. The minimum absolute atomic E-state index is 0.0657. The maximum absolute atomic E-state index is 13.1. The van der Waals surface area contributed by atoms with E-state index in [0.29, 0.717) is 17.3 Å². The number of rotatable bonds is 4. The summed E-state index contributed by atoms with van der Waals surface area (Å²) in [5.74, 6) is -0.271. The second-order valence-corrected chi connectivity index (χ2v) is 4.43. The predicted octanol–water partition coefficient (Wildman–Crippen LogP) is 3.59. The Bertz CT molecular complexity index is 513. The highest BCUT2D eigenvalue weighted by molar-refractivity contribution is 6.30. The lowest BCUT2D eigenvalue weighted by atomic mass is 10.1. The van der Waals surface area contributed by atoms with Crippen LogP contribution in [-0.2, 0) is 0 Å². The molecule has 3 N–H and O–H groups in total. The summed E-state index contributed by atoms with van der Waals surface area (Å²) in [6, 6.07) is 13.7. The van der Waals surface area contributed by atoms with E-state index in [0.717, 1.165) is 5.56 Å². The fourth-order valence-corrected chi connectivity index (χ4v) is 1.88. The molecule has 1 unspecified atom stereocenters. The number of benzene rings is 2. The molecule has 0 bridgehead atoms. The summed E-state index contributed by atoms with van der Waals surface area (Å²) in [5, 5.41) is 3.88. The van der Waals surface area contributed by atoms with Crippen LogP contribution in [0.25, 0.3) is 0 Å². The monoisotopic (exact) mass is 264 g/mol. The average molecular weight is 265 g/mol. The Kier molecular flexibility index (Phi) is 4.18. The summed E-state index contributed by atoms with van der Waals surface area (Å²) < 4.78 is 13.1. The molecule has 0 spiro atoms. The maximum atomic E-state index is 13.1. The lowest BCUT2D eigenvalue weighted by molar-refractivity contribution is 0.627. The third kappa shape index (κ3) is 3.22. The van der Waals surface area contributed by atoms with Gasteiger partial charge in [0.05, 0.1) is 6.04 Å². The van der Waals surface area contributed by atoms with E-state index in [9.17, 15) is 4.39 Å². The summed E-state index contributed by atoms with van der Waals surface area (Å²) in [4.78, 5) is 0. The van der Waals surface area contributed by atoms with E-state index in [2.05, 4.69) is 5.32 Å². The van der Waals surface area contributed by atoms with Crippen LogP contribution in [0.5, 0.6) is 0 Å². The third-order valence-corrected chi connectivity index (χ3v) is 2.93. The van der Waals surface area contributed by atoms with E-state index in [1.165, 1.54) is 12.1 Å². The molecule has 18 heavy (non-hydrogen) atoms. The highest BCUT2D eigenvalue weighted by Gasteiger charge is 2.09. The van der Waals surface area contributed by atoms with Gasteiger partial charge in [-0.3, -0.25) is 0 Å². The topological polar surface area (TPSA) is 38.0 Å². The third-order valence-electron chi connectivity index (χ3n) is 2.67. The van der Waals surface area contributed by atoms with Crippen molar-refractivity contribution < 1.29 is 4.39 Å². The van der Waals surface area contributed by atoms with Crippen molar-refractivity contribution in [3.8, 4) is 0 Å². The van der Waals surface area contributed by atoms with Crippen molar-refractivity contribution in [2.45, 2.75) is 6.04 Å². The number of nitrogens with two attached hydrogens (primary N) is 1. The molecule has 2 aromatic rings. The SMILES string of the molecule is NCC(Nc1cccc(F)c1)c1ccc(Cl)cc1. The van der Waals surface area contributed by atoms with Gasteiger partial charge in [0.15, 0.2) is 0 Å². The largest absolute Gasteiger partial charge is 0.377 e. The minimum Gasteiger partial charge on any atom is -0.377 e. The van der Waals surface area contributed by atoms with Crippen molar-refractivity contribution in [1.29, 1.82) is 0 Å². The first-order valence-corrected chi connectivity index (χ1v) is 6.04. The molecule has 2 rings (SSSR count). The molecule has 0 amide bonds. The fraction of sp³-hybridized carbons (Fsp3) is 0.143. The van der Waals surface area contributed by atoms with Gasteiger partial charge in [0, 0.05) is 17.3 Å². The molecule has 0 aliphatic carbocycles. The second-order valence-electron chi connectivity index (χ2n) is 3.99. The lowest BCUT2D eigenvalue weighted by Gasteiger charge is -2.18. The maximum Gasteiger partial charge on any atom is 0.125 e. The van der Waals surface area contributed by atoms with Crippen LogP contribution in [-0.4, -0.2) is 6.54 Å². The second kappa shape index (κ2) is 5.85. The molecule has 0 radical (unpaired) electrons. The Labute approximate surface area is 111 Å².